The smallest absolute Gasteiger partial charge is 0.0991 e. The highest BCUT2D eigenvalue weighted by molar-refractivity contribution is 8.06. The van der Waals surface area contributed by atoms with Gasteiger partial charge in [0.25, 0.3) is 0 Å². The van der Waals surface area contributed by atoms with Crippen LogP contribution in [0.5, 0.6) is 0 Å². The van der Waals surface area contributed by atoms with Crippen LogP contribution in [-0.4, -0.2) is 0 Å². The molecule has 0 N–H and O–H groups in total. The maximum Gasteiger partial charge on any atom is 0.0991 e. The molecule has 1 rings (SSSR count). The predicted molar refractivity (Wildman–Crippen MR) is 66.4 cm³/mol. The van der Waals surface area contributed by atoms with Gasteiger partial charge in [-0.05, 0) is 34.4 Å². The van der Waals surface area contributed by atoms with Gasteiger partial charge in [0.05, 0.1) is 11.6 Å². The zero-order valence-corrected chi connectivity index (χ0v) is 9.60. The summed E-state index contributed by atoms with van der Waals surface area (Å²) in [5.74, 6) is 0. The largest absolute Gasteiger partial charge is 0.192 e. The summed E-state index contributed by atoms with van der Waals surface area (Å²) in [7, 11) is 0. The van der Waals surface area contributed by atoms with Crippen LogP contribution < -0.4 is 0 Å². The summed E-state index contributed by atoms with van der Waals surface area (Å²) < 4.78 is 0. The Labute approximate surface area is 95.1 Å². The summed E-state index contributed by atoms with van der Waals surface area (Å²) in [6, 6.07) is 9.67. The number of hydrogen-bond donors (Lipinski definition) is 0. The van der Waals surface area contributed by atoms with Gasteiger partial charge >= 0.3 is 0 Å². The summed E-state index contributed by atoms with van der Waals surface area (Å²) in [6.45, 7) is 9.76. The Balaban J connectivity index is 2.62. The Morgan fingerprint density at radius 3 is 2.40 bits per heavy atom. The second kappa shape index (κ2) is 5.43. The lowest BCUT2D eigenvalue weighted by Crippen LogP contribution is -1.86. The third kappa shape index (κ3) is 4.05. The third-order valence-corrected chi connectivity index (χ3v) is 2.58. The molecule has 0 atom stereocenters. The molecule has 0 aliphatic carbocycles. The van der Waals surface area contributed by atoms with Crippen molar-refractivity contribution < 1.29 is 0 Å². The van der Waals surface area contributed by atoms with Crippen molar-refractivity contribution in [2.75, 3.05) is 0 Å². The van der Waals surface area contributed by atoms with E-state index in [1.54, 1.807) is 11.8 Å². The quantitative estimate of drug-likeness (QED) is 0.761. The van der Waals surface area contributed by atoms with Crippen LogP contribution in [0.1, 0.15) is 18.1 Å². The van der Waals surface area contributed by atoms with Gasteiger partial charge in [0.1, 0.15) is 0 Å². The van der Waals surface area contributed by atoms with Gasteiger partial charge < -0.3 is 0 Å². The van der Waals surface area contributed by atoms with Crippen LogP contribution in [-0.2, 0) is 6.42 Å². The van der Waals surface area contributed by atoms with Gasteiger partial charge in [-0.25, -0.2) is 0 Å². The summed E-state index contributed by atoms with van der Waals surface area (Å²) >= 11 is 1.61. The topological polar surface area (TPSA) is 23.8 Å². The zero-order chi connectivity index (χ0) is 11.3. The highest BCUT2D eigenvalue weighted by Gasteiger charge is 1.99. The van der Waals surface area contributed by atoms with Crippen molar-refractivity contribution in [1.82, 2.24) is 0 Å². The molecule has 0 aliphatic heterocycles. The van der Waals surface area contributed by atoms with Gasteiger partial charge in [-0.15, -0.1) is 11.8 Å². The first-order chi connectivity index (χ1) is 7.11. The Morgan fingerprint density at radius 2 is 1.93 bits per heavy atom. The second-order valence-corrected chi connectivity index (χ2v) is 4.81. The number of benzene rings is 1. The number of hydrogen-bond acceptors (Lipinski definition) is 2. The van der Waals surface area contributed by atoms with E-state index in [9.17, 15) is 0 Å². The minimum Gasteiger partial charge on any atom is -0.192 e. The van der Waals surface area contributed by atoms with Crippen LogP contribution in [0, 0.1) is 11.3 Å². The van der Waals surface area contributed by atoms with Crippen molar-refractivity contribution in [2.24, 2.45) is 0 Å². The molecule has 15 heavy (non-hydrogen) atoms. The van der Waals surface area contributed by atoms with Crippen molar-refractivity contribution >= 4 is 11.8 Å². The van der Waals surface area contributed by atoms with Gasteiger partial charge in [-0.1, -0.05) is 25.3 Å². The summed E-state index contributed by atoms with van der Waals surface area (Å²) in [6.07, 6.45) is 0.823. The molecule has 0 radical (unpaired) electrons. The monoisotopic (exact) mass is 215 g/mol. The lowest BCUT2D eigenvalue weighted by Gasteiger charge is -2.04. The van der Waals surface area contributed by atoms with Crippen molar-refractivity contribution in [3.8, 4) is 6.07 Å². The van der Waals surface area contributed by atoms with E-state index in [0.29, 0.717) is 5.56 Å². The molecule has 0 aliphatic rings. The third-order valence-electron chi connectivity index (χ3n) is 1.80. The SMILES string of the molecule is C=C(C)SC(=C)Cc1ccc(C#N)cc1. The lowest BCUT2D eigenvalue weighted by molar-refractivity contribution is 1.25. The van der Waals surface area contributed by atoms with Gasteiger partial charge in [0.2, 0.25) is 0 Å². The highest BCUT2D eigenvalue weighted by Crippen LogP contribution is 2.24. The van der Waals surface area contributed by atoms with Gasteiger partial charge in [0, 0.05) is 6.42 Å². The van der Waals surface area contributed by atoms with Crippen LogP contribution in [0.4, 0.5) is 0 Å². The molecule has 0 bridgehead atoms. The molecule has 1 aromatic carbocycles. The maximum absolute atomic E-state index is 8.65. The number of allylic oxidation sites excluding steroid dienone is 2. The summed E-state index contributed by atoms with van der Waals surface area (Å²) in [5.41, 5.74) is 1.87. The molecule has 0 amide bonds. The first-order valence-corrected chi connectivity index (χ1v) is 5.43. The Bertz CT molecular complexity index is 409. The number of nitrogens with zero attached hydrogens (tertiary/aromatic N) is 1. The van der Waals surface area contributed by atoms with Crippen LogP contribution in [0.25, 0.3) is 0 Å². The number of thioether (sulfide) groups is 1. The van der Waals surface area contributed by atoms with E-state index in [2.05, 4.69) is 19.2 Å². The van der Waals surface area contributed by atoms with E-state index < -0.39 is 0 Å². The van der Waals surface area contributed by atoms with E-state index in [4.69, 9.17) is 5.26 Å². The number of rotatable bonds is 4. The Kier molecular flexibility index (Phi) is 4.20. The molecule has 0 aromatic heterocycles. The molecule has 0 spiro atoms. The first-order valence-electron chi connectivity index (χ1n) is 4.62. The minimum absolute atomic E-state index is 0.692. The predicted octanol–water partition coefficient (Wildman–Crippen LogP) is 3.88. The Morgan fingerprint density at radius 1 is 1.33 bits per heavy atom. The molecule has 0 saturated heterocycles. The zero-order valence-electron chi connectivity index (χ0n) is 8.79. The number of nitriles is 1. The molecule has 76 valence electrons. The normalized spacial score (nSPS) is 9.33. The lowest BCUT2D eigenvalue weighted by atomic mass is 10.1. The summed E-state index contributed by atoms with van der Waals surface area (Å²) in [4.78, 5) is 2.13. The van der Waals surface area contributed by atoms with E-state index in [-0.39, 0.29) is 0 Å². The fourth-order valence-electron chi connectivity index (χ4n) is 1.21. The Hall–Kier alpha value is -1.46. The molecule has 1 aromatic rings. The highest BCUT2D eigenvalue weighted by atomic mass is 32.2. The molecule has 0 heterocycles. The van der Waals surface area contributed by atoms with Crippen LogP contribution in [0.2, 0.25) is 0 Å². The van der Waals surface area contributed by atoms with E-state index in [1.807, 2.05) is 31.2 Å². The average Bonchev–Trinajstić information content (AvgIpc) is 2.17. The second-order valence-electron chi connectivity index (χ2n) is 3.33. The molecular formula is C13H13NS. The van der Waals surface area contributed by atoms with E-state index in [1.165, 1.54) is 5.56 Å². The van der Waals surface area contributed by atoms with Gasteiger partial charge in [-0.2, -0.15) is 5.26 Å². The van der Waals surface area contributed by atoms with Crippen LogP contribution in [0.15, 0.2) is 47.2 Å². The molecule has 0 unspecified atom stereocenters. The van der Waals surface area contributed by atoms with E-state index in [0.717, 1.165) is 16.2 Å². The van der Waals surface area contributed by atoms with Crippen molar-refractivity contribution in [1.29, 1.82) is 5.26 Å². The van der Waals surface area contributed by atoms with Crippen LogP contribution in [0.3, 0.4) is 0 Å². The van der Waals surface area contributed by atoms with Gasteiger partial charge in [-0.3, -0.25) is 0 Å². The van der Waals surface area contributed by atoms with Gasteiger partial charge in [0.15, 0.2) is 0 Å². The fourth-order valence-corrected chi connectivity index (χ4v) is 1.94. The standard InChI is InChI=1S/C13H13NS/c1-10(2)15-11(3)8-12-4-6-13(9-14)7-5-12/h4-7H,1,3,8H2,2H3. The summed E-state index contributed by atoms with van der Waals surface area (Å²) in [5, 5.41) is 8.65. The molecule has 2 heteroatoms. The molecule has 0 saturated carbocycles. The molecule has 1 nitrogen and oxygen atoms in total. The fraction of sp³-hybridized carbons (Fsp3) is 0.154. The van der Waals surface area contributed by atoms with E-state index >= 15 is 0 Å². The molecular weight excluding hydrogens is 202 g/mol. The minimum atomic E-state index is 0.692. The first kappa shape index (κ1) is 11.6. The van der Waals surface area contributed by atoms with Crippen molar-refractivity contribution in [3.05, 3.63) is 58.4 Å². The van der Waals surface area contributed by atoms with Crippen molar-refractivity contribution in [2.45, 2.75) is 13.3 Å². The van der Waals surface area contributed by atoms with Crippen LogP contribution >= 0.6 is 11.8 Å². The average molecular weight is 215 g/mol. The maximum atomic E-state index is 8.65. The molecule has 0 fully saturated rings. The van der Waals surface area contributed by atoms with Crippen molar-refractivity contribution in [3.63, 3.8) is 0 Å².